The summed E-state index contributed by atoms with van der Waals surface area (Å²) in [6.45, 7) is 1.70. The molecule has 114 valence electrons. The van der Waals surface area contributed by atoms with E-state index in [1.165, 1.54) is 0 Å². The first-order valence-electron chi connectivity index (χ1n) is 7.25. The van der Waals surface area contributed by atoms with Gasteiger partial charge in [-0.25, -0.2) is 0 Å². The lowest BCUT2D eigenvalue weighted by Gasteiger charge is -1.96. The lowest BCUT2D eigenvalue weighted by molar-refractivity contribution is 0.760. The molecule has 0 aliphatic rings. The summed E-state index contributed by atoms with van der Waals surface area (Å²) in [5, 5.41) is 0. The van der Waals surface area contributed by atoms with Gasteiger partial charge in [-0.05, 0) is 48.2 Å². The molecule has 0 bridgehead atoms. The van der Waals surface area contributed by atoms with Crippen molar-refractivity contribution in [2.45, 2.75) is 12.8 Å². The highest BCUT2D eigenvalue weighted by Crippen LogP contribution is 2.10. The monoisotopic (exact) mass is 420 g/mol. The Bertz CT molecular complexity index is 559. The molecule has 0 heterocycles. The van der Waals surface area contributed by atoms with E-state index < -0.39 is 0 Å². The molecule has 0 spiro atoms. The summed E-state index contributed by atoms with van der Waals surface area (Å²) in [6.07, 6.45) is 5.98. The van der Waals surface area contributed by atoms with Crippen LogP contribution in [-0.4, -0.2) is 25.5 Å². The van der Waals surface area contributed by atoms with Gasteiger partial charge in [-0.1, -0.05) is 56.1 Å². The van der Waals surface area contributed by atoms with E-state index in [2.05, 4.69) is 66.1 Å². The molecule has 0 atom stereocenters. The second-order valence-electron chi connectivity index (χ2n) is 4.88. The number of halogens is 2. The number of unbranched alkanes of at least 4 members (excludes halogenated alkanes) is 1. The molecule has 0 saturated carbocycles. The molecule has 4 heteroatoms. The van der Waals surface area contributed by atoms with Crippen LogP contribution in [0.25, 0.3) is 0 Å². The molecule has 0 aliphatic heterocycles. The predicted molar refractivity (Wildman–Crippen MR) is 102 cm³/mol. The Morgan fingerprint density at radius 1 is 0.636 bits per heavy atom. The molecule has 0 saturated heterocycles. The number of hydrogen-bond donors (Lipinski definition) is 0. The van der Waals surface area contributed by atoms with Gasteiger partial charge in [0.2, 0.25) is 0 Å². The van der Waals surface area contributed by atoms with Crippen molar-refractivity contribution >= 4 is 44.3 Å². The summed E-state index contributed by atoms with van der Waals surface area (Å²) >= 11 is 6.85. The van der Waals surface area contributed by atoms with Crippen LogP contribution in [0.4, 0.5) is 0 Å². The minimum absolute atomic E-state index is 0.851. The highest BCUT2D eigenvalue weighted by Gasteiger charge is 1.90. The van der Waals surface area contributed by atoms with Crippen molar-refractivity contribution in [1.82, 2.24) is 0 Å². The van der Waals surface area contributed by atoms with E-state index >= 15 is 0 Å². The Kier molecular flexibility index (Phi) is 7.54. The molecule has 0 aromatic heterocycles. The minimum Gasteiger partial charge on any atom is -0.293 e. The van der Waals surface area contributed by atoms with Gasteiger partial charge in [0.15, 0.2) is 0 Å². The maximum absolute atomic E-state index is 4.44. The summed E-state index contributed by atoms with van der Waals surface area (Å²) in [7, 11) is 0. The van der Waals surface area contributed by atoms with Gasteiger partial charge >= 0.3 is 0 Å². The SMILES string of the molecule is Brc1ccc(C=NCCCCN=Cc2ccc(Br)cc2)cc1. The first-order valence-corrected chi connectivity index (χ1v) is 8.83. The van der Waals surface area contributed by atoms with Crippen LogP contribution in [0.15, 0.2) is 67.5 Å². The molecular weight excluding hydrogens is 404 g/mol. The molecule has 2 aromatic carbocycles. The van der Waals surface area contributed by atoms with Crippen LogP contribution in [0.3, 0.4) is 0 Å². The van der Waals surface area contributed by atoms with Gasteiger partial charge < -0.3 is 0 Å². The number of aliphatic imine (C=N–C) groups is 2. The van der Waals surface area contributed by atoms with Gasteiger partial charge in [-0.15, -0.1) is 0 Å². The molecule has 0 N–H and O–H groups in total. The van der Waals surface area contributed by atoms with Crippen LogP contribution in [0.1, 0.15) is 24.0 Å². The smallest absolute Gasteiger partial charge is 0.0390 e. The van der Waals surface area contributed by atoms with E-state index in [1.54, 1.807) is 0 Å². The molecule has 2 rings (SSSR count). The van der Waals surface area contributed by atoms with E-state index in [-0.39, 0.29) is 0 Å². The summed E-state index contributed by atoms with van der Waals surface area (Å²) in [5.74, 6) is 0. The van der Waals surface area contributed by atoms with Crippen LogP contribution in [-0.2, 0) is 0 Å². The average molecular weight is 422 g/mol. The highest BCUT2D eigenvalue weighted by molar-refractivity contribution is 9.10. The summed E-state index contributed by atoms with van der Waals surface area (Å²) in [5.41, 5.74) is 2.27. The van der Waals surface area contributed by atoms with Crippen LogP contribution in [0, 0.1) is 0 Å². The van der Waals surface area contributed by atoms with E-state index in [1.807, 2.05) is 36.7 Å². The molecule has 2 aromatic rings. The molecule has 0 aliphatic carbocycles. The largest absolute Gasteiger partial charge is 0.293 e. The van der Waals surface area contributed by atoms with Crippen LogP contribution in [0.2, 0.25) is 0 Å². The van der Waals surface area contributed by atoms with E-state index in [0.717, 1.165) is 46.0 Å². The van der Waals surface area contributed by atoms with Crippen molar-refractivity contribution in [3.8, 4) is 0 Å². The summed E-state index contributed by atoms with van der Waals surface area (Å²) in [4.78, 5) is 8.88. The Morgan fingerprint density at radius 3 is 1.36 bits per heavy atom. The molecule has 0 radical (unpaired) electrons. The third-order valence-electron chi connectivity index (χ3n) is 3.05. The van der Waals surface area contributed by atoms with Crippen molar-refractivity contribution in [2.24, 2.45) is 9.98 Å². The van der Waals surface area contributed by atoms with Gasteiger partial charge in [-0.3, -0.25) is 9.98 Å². The van der Waals surface area contributed by atoms with E-state index in [0.29, 0.717) is 0 Å². The maximum Gasteiger partial charge on any atom is 0.0390 e. The van der Waals surface area contributed by atoms with Crippen molar-refractivity contribution < 1.29 is 0 Å². The van der Waals surface area contributed by atoms with Gasteiger partial charge in [0.1, 0.15) is 0 Å². The molecule has 2 nitrogen and oxygen atoms in total. The van der Waals surface area contributed by atoms with Gasteiger partial charge in [0.25, 0.3) is 0 Å². The van der Waals surface area contributed by atoms with Crippen molar-refractivity contribution in [3.05, 3.63) is 68.6 Å². The zero-order valence-corrected chi connectivity index (χ0v) is 15.4. The predicted octanol–water partition coefficient (Wildman–Crippen LogP) is 5.53. The minimum atomic E-state index is 0.851. The number of rotatable bonds is 7. The lowest BCUT2D eigenvalue weighted by atomic mass is 10.2. The lowest BCUT2D eigenvalue weighted by Crippen LogP contribution is -1.89. The fourth-order valence-corrected chi connectivity index (χ4v) is 2.37. The third-order valence-corrected chi connectivity index (χ3v) is 4.10. The normalized spacial score (nSPS) is 11.5. The number of benzene rings is 2. The Balaban J connectivity index is 1.61. The van der Waals surface area contributed by atoms with Gasteiger partial charge in [0, 0.05) is 34.5 Å². The third kappa shape index (κ3) is 6.67. The van der Waals surface area contributed by atoms with Crippen molar-refractivity contribution in [1.29, 1.82) is 0 Å². The number of nitrogens with zero attached hydrogens (tertiary/aromatic N) is 2. The Morgan fingerprint density at radius 2 is 1.00 bits per heavy atom. The first-order chi connectivity index (χ1) is 10.7. The van der Waals surface area contributed by atoms with Crippen molar-refractivity contribution in [2.75, 3.05) is 13.1 Å². The van der Waals surface area contributed by atoms with Crippen LogP contribution < -0.4 is 0 Å². The molecule has 22 heavy (non-hydrogen) atoms. The quantitative estimate of drug-likeness (QED) is 0.414. The summed E-state index contributed by atoms with van der Waals surface area (Å²) in [6, 6.07) is 16.3. The Hall–Kier alpha value is -1.26. The van der Waals surface area contributed by atoms with Crippen LogP contribution >= 0.6 is 31.9 Å². The zero-order chi connectivity index (χ0) is 15.6. The standard InChI is InChI=1S/C18H18Br2N2/c19-17-7-3-15(4-8-17)13-21-11-1-2-12-22-14-16-5-9-18(20)10-6-16/h3-10,13-14H,1-2,11-12H2. The topological polar surface area (TPSA) is 24.7 Å². The zero-order valence-electron chi connectivity index (χ0n) is 12.3. The second-order valence-corrected chi connectivity index (χ2v) is 6.71. The van der Waals surface area contributed by atoms with Gasteiger partial charge in [-0.2, -0.15) is 0 Å². The fraction of sp³-hybridized carbons (Fsp3) is 0.222. The Labute approximate surface area is 148 Å². The van der Waals surface area contributed by atoms with Crippen molar-refractivity contribution in [3.63, 3.8) is 0 Å². The fourth-order valence-electron chi connectivity index (χ4n) is 1.84. The number of hydrogen-bond acceptors (Lipinski definition) is 2. The molecular formula is C18H18Br2N2. The van der Waals surface area contributed by atoms with Crippen LogP contribution in [0.5, 0.6) is 0 Å². The average Bonchev–Trinajstić information content (AvgIpc) is 2.53. The highest BCUT2D eigenvalue weighted by atomic mass is 79.9. The maximum atomic E-state index is 4.44. The molecule has 0 unspecified atom stereocenters. The second kappa shape index (κ2) is 9.70. The van der Waals surface area contributed by atoms with E-state index in [9.17, 15) is 0 Å². The first kappa shape index (κ1) is 17.1. The van der Waals surface area contributed by atoms with E-state index in [4.69, 9.17) is 0 Å². The van der Waals surface area contributed by atoms with Gasteiger partial charge in [0.05, 0.1) is 0 Å². The summed E-state index contributed by atoms with van der Waals surface area (Å²) < 4.78 is 2.18. The molecule has 0 fully saturated rings. The molecule has 0 amide bonds.